The molecule has 0 fully saturated rings. The van der Waals surface area contributed by atoms with Crippen LogP contribution in [0.3, 0.4) is 0 Å². The van der Waals surface area contributed by atoms with Crippen LogP contribution >= 0.6 is 11.8 Å². The van der Waals surface area contributed by atoms with Crippen molar-refractivity contribution < 1.29 is 9.15 Å². The largest absolute Gasteiger partial charge is 0.497 e. The molecule has 1 aromatic heterocycles. The minimum atomic E-state index is -0.324. The molecule has 104 valence electrons. The molecule has 0 spiro atoms. The van der Waals surface area contributed by atoms with Crippen LogP contribution in [-0.2, 0) is 0 Å². The maximum atomic E-state index is 12.2. The summed E-state index contributed by atoms with van der Waals surface area (Å²) in [7, 11) is 1.62. The fourth-order valence-corrected chi connectivity index (χ4v) is 3.42. The summed E-state index contributed by atoms with van der Waals surface area (Å²) in [6, 6.07) is 13.3. The van der Waals surface area contributed by atoms with Crippen LogP contribution in [0, 0.1) is 0 Å². The number of methoxy groups -OCH3 is 1. The van der Waals surface area contributed by atoms with Gasteiger partial charge in [0.15, 0.2) is 0 Å². The number of para-hydroxylation sites is 1. The van der Waals surface area contributed by atoms with Gasteiger partial charge in [-0.05, 0) is 30.3 Å². The maximum Gasteiger partial charge on any atom is 0.352 e. The molecule has 0 bridgehead atoms. The van der Waals surface area contributed by atoms with Crippen LogP contribution in [0.4, 0.5) is 11.4 Å². The zero-order valence-electron chi connectivity index (χ0n) is 11.2. The number of benzene rings is 2. The summed E-state index contributed by atoms with van der Waals surface area (Å²) < 4.78 is 10.6. The molecular weight excluding hydrogens is 286 g/mol. The summed E-state index contributed by atoms with van der Waals surface area (Å²) in [5, 5.41) is 4.24. The Bertz CT molecular complexity index is 917. The third-order valence-corrected chi connectivity index (χ3v) is 4.56. The number of hydrogen-bond donors (Lipinski definition) is 1. The second-order valence-electron chi connectivity index (χ2n) is 4.68. The SMILES string of the molecule is COc1ccc2c(c1)Sc1c(c3ccccc3oc1=O)N2. The van der Waals surface area contributed by atoms with Crippen LogP contribution in [0.2, 0.25) is 0 Å². The Hall–Kier alpha value is -2.40. The molecule has 1 N–H and O–H groups in total. The van der Waals surface area contributed by atoms with E-state index in [0.29, 0.717) is 10.5 Å². The topological polar surface area (TPSA) is 51.5 Å². The standard InChI is InChI=1S/C16H11NO3S/c1-19-9-6-7-11-13(8-9)21-15-14(17-11)10-4-2-3-5-12(10)20-16(15)18/h2-8,17H,1H3. The average Bonchev–Trinajstić information content (AvgIpc) is 2.53. The molecule has 1 aliphatic heterocycles. The van der Waals surface area contributed by atoms with E-state index in [4.69, 9.17) is 9.15 Å². The quantitative estimate of drug-likeness (QED) is 0.538. The van der Waals surface area contributed by atoms with Crippen LogP contribution < -0.4 is 15.7 Å². The molecule has 0 atom stereocenters. The molecule has 5 heteroatoms. The van der Waals surface area contributed by atoms with E-state index in [2.05, 4.69) is 5.32 Å². The number of anilines is 2. The first-order chi connectivity index (χ1) is 10.3. The molecule has 4 rings (SSSR count). The van der Waals surface area contributed by atoms with Crippen LogP contribution in [0.25, 0.3) is 11.0 Å². The zero-order valence-corrected chi connectivity index (χ0v) is 12.0. The van der Waals surface area contributed by atoms with Crippen LogP contribution in [0.1, 0.15) is 0 Å². The average molecular weight is 297 g/mol. The monoisotopic (exact) mass is 297 g/mol. The van der Waals surface area contributed by atoms with Crippen LogP contribution in [-0.4, -0.2) is 7.11 Å². The highest BCUT2D eigenvalue weighted by Crippen LogP contribution is 2.46. The Morgan fingerprint density at radius 3 is 2.90 bits per heavy atom. The van der Waals surface area contributed by atoms with Gasteiger partial charge < -0.3 is 14.5 Å². The molecule has 0 aliphatic carbocycles. The van der Waals surface area contributed by atoms with Crippen molar-refractivity contribution in [2.75, 3.05) is 12.4 Å². The molecule has 3 aromatic rings. The van der Waals surface area contributed by atoms with Crippen molar-refractivity contribution in [1.29, 1.82) is 0 Å². The highest BCUT2D eigenvalue weighted by molar-refractivity contribution is 7.99. The van der Waals surface area contributed by atoms with E-state index in [0.717, 1.165) is 27.4 Å². The number of ether oxygens (including phenoxy) is 1. The summed E-state index contributed by atoms with van der Waals surface area (Å²) >= 11 is 1.40. The third kappa shape index (κ3) is 1.89. The Kier molecular flexibility index (Phi) is 2.68. The number of nitrogens with one attached hydrogen (secondary N) is 1. The Morgan fingerprint density at radius 2 is 2.05 bits per heavy atom. The second-order valence-corrected chi connectivity index (χ2v) is 5.73. The number of fused-ring (bicyclic) bond motifs is 4. The van der Waals surface area contributed by atoms with Gasteiger partial charge in [0.25, 0.3) is 0 Å². The van der Waals surface area contributed by atoms with Gasteiger partial charge in [0.1, 0.15) is 16.2 Å². The lowest BCUT2D eigenvalue weighted by Gasteiger charge is -2.21. The first kappa shape index (κ1) is 12.3. The van der Waals surface area contributed by atoms with E-state index >= 15 is 0 Å². The molecule has 0 saturated carbocycles. The van der Waals surface area contributed by atoms with Gasteiger partial charge in [-0.15, -0.1) is 0 Å². The fourth-order valence-electron chi connectivity index (χ4n) is 2.41. The molecule has 4 nitrogen and oxygen atoms in total. The predicted molar refractivity (Wildman–Crippen MR) is 82.9 cm³/mol. The molecule has 0 amide bonds. The number of hydrogen-bond acceptors (Lipinski definition) is 5. The van der Waals surface area contributed by atoms with Crippen molar-refractivity contribution in [2.24, 2.45) is 0 Å². The van der Waals surface area contributed by atoms with Crippen molar-refractivity contribution in [3.8, 4) is 5.75 Å². The van der Waals surface area contributed by atoms with Gasteiger partial charge in [-0.2, -0.15) is 0 Å². The van der Waals surface area contributed by atoms with Gasteiger partial charge in [-0.1, -0.05) is 23.9 Å². The van der Waals surface area contributed by atoms with Crippen molar-refractivity contribution in [3.63, 3.8) is 0 Å². The van der Waals surface area contributed by atoms with Gasteiger partial charge in [-0.25, -0.2) is 4.79 Å². The first-order valence-electron chi connectivity index (χ1n) is 6.45. The third-order valence-electron chi connectivity index (χ3n) is 3.43. The van der Waals surface area contributed by atoms with Crippen LogP contribution in [0.15, 0.2) is 61.5 Å². The smallest absolute Gasteiger partial charge is 0.352 e. The van der Waals surface area contributed by atoms with Gasteiger partial charge in [0.2, 0.25) is 0 Å². The van der Waals surface area contributed by atoms with Crippen molar-refractivity contribution in [1.82, 2.24) is 0 Å². The minimum Gasteiger partial charge on any atom is -0.497 e. The first-order valence-corrected chi connectivity index (χ1v) is 7.26. The van der Waals surface area contributed by atoms with E-state index in [9.17, 15) is 4.79 Å². The molecule has 0 unspecified atom stereocenters. The number of rotatable bonds is 1. The van der Waals surface area contributed by atoms with E-state index < -0.39 is 0 Å². The normalized spacial score (nSPS) is 12.4. The lowest BCUT2D eigenvalue weighted by Crippen LogP contribution is -2.10. The van der Waals surface area contributed by atoms with Crippen LogP contribution in [0.5, 0.6) is 5.75 Å². The van der Waals surface area contributed by atoms with Gasteiger partial charge in [0.05, 0.1) is 18.5 Å². The molecule has 1 aliphatic rings. The molecular formula is C16H11NO3S. The molecule has 0 saturated heterocycles. The van der Waals surface area contributed by atoms with Crippen molar-refractivity contribution in [2.45, 2.75) is 9.79 Å². The summed E-state index contributed by atoms with van der Waals surface area (Å²) in [5.41, 5.74) is 2.04. The van der Waals surface area contributed by atoms with Crippen molar-refractivity contribution in [3.05, 3.63) is 52.9 Å². The zero-order chi connectivity index (χ0) is 14.4. The molecule has 0 radical (unpaired) electrons. The summed E-state index contributed by atoms with van der Waals surface area (Å²) in [4.78, 5) is 13.7. The van der Waals surface area contributed by atoms with E-state index in [1.54, 1.807) is 13.2 Å². The molecule has 21 heavy (non-hydrogen) atoms. The summed E-state index contributed by atoms with van der Waals surface area (Å²) in [5.74, 6) is 0.761. The van der Waals surface area contributed by atoms with Gasteiger partial charge >= 0.3 is 5.63 Å². The summed E-state index contributed by atoms with van der Waals surface area (Å²) in [6.07, 6.45) is 0. The Balaban J connectivity index is 1.95. The highest BCUT2D eigenvalue weighted by atomic mass is 32.2. The second kappa shape index (κ2) is 4.56. The van der Waals surface area contributed by atoms with Gasteiger partial charge in [-0.3, -0.25) is 0 Å². The fraction of sp³-hybridized carbons (Fsp3) is 0.0625. The van der Waals surface area contributed by atoms with E-state index in [1.807, 2.05) is 36.4 Å². The minimum absolute atomic E-state index is 0.324. The van der Waals surface area contributed by atoms with Crippen molar-refractivity contribution >= 4 is 34.1 Å². The summed E-state index contributed by atoms with van der Waals surface area (Å²) in [6.45, 7) is 0. The molecule has 2 heterocycles. The van der Waals surface area contributed by atoms with E-state index in [1.165, 1.54) is 11.8 Å². The lowest BCUT2D eigenvalue weighted by molar-refractivity contribution is 0.414. The maximum absolute atomic E-state index is 12.2. The van der Waals surface area contributed by atoms with Gasteiger partial charge in [0, 0.05) is 10.3 Å². The predicted octanol–water partition coefficient (Wildman–Crippen LogP) is 4.01. The Morgan fingerprint density at radius 1 is 1.19 bits per heavy atom. The lowest BCUT2D eigenvalue weighted by atomic mass is 10.2. The molecule has 2 aromatic carbocycles. The highest BCUT2D eigenvalue weighted by Gasteiger charge is 2.22. The van der Waals surface area contributed by atoms with E-state index in [-0.39, 0.29) is 5.63 Å². The Labute approximate surface area is 124 Å².